The number of carbonyl (C=O) groups excluding carboxylic acids is 2. The quantitative estimate of drug-likeness (QED) is 0.106. The van der Waals surface area contributed by atoms with Crippen molar-refractivity contribution in [3.05, 3.63) is 83.2 Å². The molecule has 9 rings (SSSR count). The Kier molecular flexibility index (Phi) is 11.7. The summed E-state index contributed by atoms with van der Waals surface area (Å²) < 4.78 is 22.0. The van der Waals surface area contributed by atoms with Gasteiger partial charge in [0.2, 0.25) is 11.9 Å². The number of hydrogen-bond donors (Lipinski definition) is 3. The number of carbonyl (C=O) groups is 2. The van der Waals surface area contributed by atoms with E-state index in [0.717, 1.165) is 97.0 Å². The molecule has 4 aliphatic rings. The summed E-state index contributed by atoms with van der Waals surface area (Å²) in [7, 11) is 1.02. The van der Waals surface area contributed by atoms with Crippen molar-refractivity contribution in [3.63, 3.8) is 0 Å². The van der Waals surface area contributed by atoms with Gasteiger partial charge in [-0.15, -0.1) is 0 Å². The summed E-state index contributed by atoms with van der Waals surface area (Å²) in [4.78, 5) is 42.5. The summed E-state index contributed by atoms with van der Waals surface area (Å²) in [5, 5.41) is 14.6. The Balaban J connectivity index is 0.878. The molecular formula is C45H53BrN11O4P. The van der Waals surface area contributed by atoms with Crippen LogP contribution >= 0.6 is 23.1 Å². The predicted molar refractivity (Wildman–Crippen MR) is 250 cm³/mol. The smallest absolute Gasteiger partial charge is 0.328 e. The minimum atomic E-state index is -2.59. The lowest BCUT2D eigenvalue weighted by Gasteiger charge is -2.44. The Morgan fingerprint density at radius 2 is 1.58 bits per heavy atom. The highest BCUT2D eigenvalue weighted by molar-refractivity contribution is 9.10. The van der Waals surface area contributed by atoms with Gasteiger partial charge < -0.3 is 29.7 Å². The maximum atomic E-state index is 13.4. The molecule has 62 heavy (non-hydrogen) atoms. The van der Waals surface area contributed by atoms with Crippen LogP contribution in [0.5, 0.6) is 5.75 Å². The predicted octanol–water partition coefficient (Wildman–Crippen LogP) is 7.50. The van der Waals surface area contributed by atoms with Crippen molar-refractivity contribution >= 4 is 80.5 Å². The summed E-state index contributed by atoms with van der Waals surface area (Å²) >= 11 is 3.63. The van der Waals surface area contributed by atoms with Crippen molar-refractivity contribution in [3.8, 4) is 16.9 Å². The van der Waals surface area contributed by atoms with Gasteiger partial charge in [-0.3, -0.25) is 24.6 Å². The number of piperazine rings is 1. The van der Waals surface area contributed by atoms with Crippen molar-refractivity contribution < 1.29 is 18.9 Å². The maximum Gasteiger partial charge on any atom is 0.328 e. The second-order valence-electron chi connectivity index (χ2n) is 17.0. The van der Waals surface area contributed by atoms with E-state index in [1.807, 2.05) is 55.7 Å². The normalized spacial score (nSPS) is 17.9. The maximum absolute atomic E-state index is 13.4. The van der Waals surface area contributed by atoms with Crippen molar-refractivity contribution in [2.24, 2.45) is 7.05 Å². The van der Waals surface area contributed by atoms with E-state index in [-0.39, 0.29) is 11.9 Å². The van der Waals surface area contributed by atoms with Gasteiger partial charge in [-0.1, -0.05) is 6.07 Å². The number of imide groups is 1. The molecule has 15 nitrogen and oxygen atoms in total. The van der Waals surface area contributed by atoms with E-state index in [1.165, 1.54) is 18.4 Å². The number of nitrogens with zero attached hydrogens (tertiary/aromatic N) is 8. The average Bonchev–Trinajstić information content (AvgIpc) is 4.03. The SMILES string of the molecule is COc1cc(N2CCC(N3CCN(c4ccc(N5CCC(=O)NC5=O)cc4)CC3)CC2)c(-c2cnn(C)c2)cc1Nc1ncc(Br)c(Nc2ccc(C3CC3)cc2P(C)(C)=O)n1. The number of piperidine rings is 1. The number of rotatable bonds is 12. The third kappa shape index (κ3) is 9.04. The van der Waals surface area contributed by atoms with E-state index in [2.05, 4.69) is 93.1 Å². The van der Waals surface area contributed by atoms with Gasteiger partial charge in [0.1, 0.15) is 18.7 Å². The van der Waals surface area contributed by atoms with Crippen LogP contribution in [0.3, 0.4) is 0 Å². The molecule has 0 spiro atoms. The fraction of sp³-hybridized carbons (Fsp3) is 0.400. The molecule has 4 fully saturated rings. The summed E-state index contributed by atoms with van der Waals surface area (Å²) in [5.74, 6) is 1.94. The minimum Gasteiger partial charge on any atom is -0.494 e. The van der Waals surface area contributed by atoms with Crippen LogP contribution in [0.25, 0.3) is 11.1 Å². The van der Waals surface area contributed by atoms with Gasteiger partial charge in [0.15, 0.2) is 0 Å². The number of halogens is 1. The zero-order valence-corrected chi connectivity index (χ0v) is 38.1. The lowest BCUT2D eigenvalue weighted by molar-refractivity contribution is -0.120. The first-order chi connectivity index (χ1) is 29.9. The second-order valence-corrected chi connectivity index (χ2v) is 21.1. The van der Waals surface area contributed by atoms with E-state index < -0.39 is 7.14 Å². The van der Waals surface area contributed by atoms with E-state index >= 15 is 0 Å². The zero-order chi connectivity index (χ0) is 43.1. The van der Waals surface area contributed by atoms with Gasteiger partial charge >= 0.3 is 6.03 Å². The summed E-state index contributed by atoms with van der Waals surface area (Å²) in [6, 6.07) is 18.7. The lowest BCUT2D eigenvalue weighted by Crippen LogP contribution is -2.53. The number of hydrogen-bond acceptors (Lipinski definition) is 12. The number of aryl methyl sites for hydroxylation is 1. The van der Waals surface area contributed by atoms with Crippen molar-refractivity contribution in [2.45, 2.75) is 44.1 Å². The molecule has 0 atom stereocenters. The summed E-state index contributed by atoms with van der Waals surface area (Å²) in [5.41, 5.74) is 7.80. The Morgan fingerprint density at radius 1 is 0.839 bits per heavy atom. The molecular weight excluding hydrogens is 869 g/mol. The highest BCUT2D eigenvalue weighted by atomic mass is 79.9. The van der Waals surface area contributed by atoms with Crippen LogP contribution in [0.4, 0.5) is 45.0 Å². The molecule has 5 heterocycles. The molecule has 2 aromatic heterocycles. The molecule has 1 aliphatic carbocycles. The van der Waals surface area contributed by atoms with Gasteiger partial charge in [0.05, 0.1) is 29.2 Å². The molecule has 0 radical (unpaired) electrons. The Bertz CT molecular complexity index is 2530. The molecule has 3 N–H and O–H groups in total. The number of nitrogens with one attached hydrogen (secondary N) is 3. The molecule has 17 heteroatoms. The molecule has 3 saturated heterocycles. The minimum absolute atomic E-state index is 0.228. The van der Waals surface area contributed by atoms with E-state index in [9.17, 15) is 14.2 Å². The molecule has 5 aromatic rings. The zero-order valence-electron chi connectivity index (χ0n) is 35.6. The fourth-order valence-corrected chi connectivity index (χ4v) is 10.4. The average molecular weight is 923 g/mol. The third-order valence-corrected chi connectivity index (χ3v) is 14.6. The number of ether oxygens (including phenoxy) is 1. The first-order valence-electron chi connectivity index (χ1n) is 21.3. The van der Waals surface area contributed by atoms with Crippen LogP contribution in [0.2, 0.25) is 0 Å². The third-order valence-electron chi connectivity index (χ3n) is 12.4. The largest absolute Gasteiger partial charge is 0.494 e. The standard InChI is InChI=1S/C45H53BrN11O4P/c1-53-28-31(26-48-53)35-24-38(50-44-47-27-36(46)43(52-44)49-37-12-7-30(29-5-6-29)23-41(37)62(3,4)60)40(61-2)25-39(35)56-16-13-33(14-17-56)55-21-19-54(20-22-55)32-8-10-34(11-9-32)57-18-15-42(58)51-45(57)59/h7-12,23-29,33H,5-6,13-22H2,1-4H3,(H,51,58,59)(H2,47,49,50,52). The van der Waals surface area contributed by atoms with Gasteiger partial charge in [-0.2, -0.15) is 10.1 Å². The van der Waals surface area contributed by atoms with Gasteiger partial charge in [0.25, 0.3) is 0 Å². The molecule has 1 saturated carbocycles. The number of amides is 3. The summed E-state index contributed by atoms with van der Waals surface area (Å²) in [6.45, 7) is 9.66. The molecule has 324 valence electrons. The molecule has 0 bridgehead atoms. The van der Waals surface area contributed by atoms with Crippen LogP contribution in [-0.2, 0) is 16.4 Å². The Morgan fingerprint density at radius 3 is 2.24 bits per heavy atom. The van der Waals surface area contributed by atoms with E-state index in [0.29, 0.717) is 46.9 Å². The van der Waals surface area contributed by atoms with Crippen molar-refractivity contribution in [1.29, 1.82) is 0 Å². The molecule has 3 amide bonds. The van der Waals surface area contributed by atoms with Crippen molar-refractivity contribution in [1.82, 2.24) is 30.0 Å². The van der Waals surface area contributed by atoms with Crippen LogP contribution in [0.15, 0.2) is 77.7 Å². The van der Waals surface area contributed by atoms with E-state index in [4.69, 9.17) is 9.72 Å². The topological polar surface area (TPSA) is 153 Å². The molecule has 0 unspecified atom stereocenters. The Hall–Kier alpha value is -5.44. The summed E-state index contributed by atoms with van der Waals surface area (Å²) in [6.07, 6.45) is 10.4. The first-order valence-corrected chi connectivity index (χ1v) is 24.7. The highest BCUT2D eigenvalue weighted by Crippen LogP contribution is 2.45. The first kappa shape index (κ1) is 41.9. The highest BCUT2D eigenvalue weighted by Gasteiger charge is 2.31. The lowest BCUT2D eigenvalue weighted by atomic mass is 9.98. The van der Waals surface area contributed by atoms with Gasteiger partial charge in [0, 0.05) is 117 Å². The number of methoxy groups -OCH3 is 1. The van der Waals surface area contributed by atoms with Crippen LogP contribution in [0.1, 0.15) is 43.6 Å². The van der Waals surface area contributed by atoms with Gasteiger partial charge in [-0.05, 0) is 109 Å². The monoisotopic (exact) mass is 921 g/mol. The fourth-order valence-electron chi connectivity index (χ4n) is 8.89. The van der Waals surface area contributed by atoms with Crippen LogP contribution in [0, 0.1) is 0 Å². The molecule has 3 aliphatic heterocycles. The van der Waals surface area contributed by atoms with Gasteiger partial charge in [-0.25, -0.2) is 9.78 Å². The van der Waals surface area contributed by atoms with Crippen LogP contribution < -0.4 is 40.7 Å². The van der Waals surface area contributed by atoms with E-state index in [1.54, 1.807) is 18.2 Å². The van der Waals surface area contributed by atoms with Crippen molar-refractivity contribution in [2.75, 3.05) is 91.6 Å². The number of benzene rings is 3. The van der Waals surface area contributed by atoms with Crippen LogP contribution in [-0.4, -0.2) is 109 Å². The number of anilines is 7. The number of aromatic nitrogens is 4. The number of urea groups is 1. The molecule has 3 aromatic carbocycles. The Labute approximate surface area is 370 Å². The second kappa shape index (κ2) is 17.4.